The zero-order valence-corrected chi connectivity index (χ0v) is 23.9. The number of carbonyl (C=O) groups is 3. The minimum atomic E-state index is -0.551. The molecule has 2 heterocycles. The molecule has 0 saturated carbocycles. The maximum atomic E-state index is 13.8. The van der Waals surface area contributed by atoms with E-state index in [1.165, 1.54) is 12.1 Å². The third-order valence-electron chi connectivity index (χ3n) is 7.47. The van der Waals surface area contributed by atoms with Crippen molar-refractivity contribution in [3.8, 4) is 0 Å². The number of ether oxygens (including phenoxy) is 2. The van der Waals surface area contributed by atoms with Crippen LogP contribution in [-0.4, -0.2) is 86.7 Å². The van der Waals surface area contributed by atoms with Crippen LogP contribution in [0.15, 0.2) is 66.7 Å². The Morgan fingerprint density at radius 3 is 2.21 bits per heavy atom. The van der Waals surface area contributed by atoms with Crippen LogP contribution in [0, 0.1) is 10.1 Å². The van der Waals surface area contributed by atoms with Crippen molar-refractivity contribution in [3.63, 3.8) is 0 Å². The van der Waals surface area contributed by atoms with Gasteiger partial charge in [0.15, 0.2) is 0 Å². The fourth-order valence-electron chi connectivity index (χ4n) is 5.26. The fourth-order valence-corrected chi connectivity index (χ4v) is 5.26. The monoisotopic (exact) mass is 587 g/mol. The Labute approximate surface area is 248 Å². The molecule has 2 aliphatic heterocycles. The second kappa shape index (κ2) is 13.3. The number of rotatable bonds is 8. The van der Waals surface area contributed by atoms with Crippen molar-refractivity contribution >= 4 is 40.5 Å². The van der Waals surface area contributed by atoms with Crippen LogP contribution in [0.3, 0.4) is 0 Å². The molecule has 2 saturated heterocycles. The molecule has 0 aromatic heterocycles. The van der Waals surface area contributed by atoms with E-state index in [0.29, 0.717) is 75.1 Å². The number of esters is 1. The van der Waals surface area contributed by atoms with Crippen LogP contribution in [0.2, 0.25) is 0 Å². The molecular weight excluding hydrogens is 554 g/mol. The molecule has 3 aromatic rings. The highest BCUT2D eigenvalue weighted by Gasteiger charge is 2.27. The van der Waals surface area contributed by atoms with Crippen LogP contribution in [0.1, 0.15) is 38.0 Å². The van der Waals surface area contributed by atoms with Gasteiger partial charge < -0.3 is 29.5 Å². The van der Waals surface area contributed by atoms with E-state index < -0.39 is 16.8 Å². The van der Waals surface area contributed by atoms with Crippen molar-refractivity contribution in [2.24, 2.45) is 0 Å². The molecule has 0 unspecified atom stereocenters. The van der Waals surface area contributed by atoms with Gasteiger partial charge in [0.1, 0.15) is 0 Å². The molecule has 43 heavy (non-hydrogen) atoms. The lowest BCUT2D eigenvalue weighted by Gasteiger charge is -2.37. The number of anilines is 3. The SMILES string of the molecule is CCOC(=O)c1ccc(N2CCN(C(=O)c3ccccc3)CC2)c(NC(=O)c2cc([N+](=O)[O-])ccc2N2CCOCC2)c1. The minimum absolute atomic E-state index is 0.0484. The number of carbonyl (C=O) groups excluding carboxylic acids is 3. The van der Waals surface area contributed by atoms with Gasteiger partial charge in [0, 0.05) is 57.0 Å². The van der Waals surface area contributed by atoms with Crippen LogP contribution in [0.4, 0.5) is 22.7 Å². The maximum absolute atomic E-state index is 13.8. The molecule has 5 rings (SSSR count). The van der Waals surface area contributed by atoms with E-state index in [1.54, 1.807) is 48.2 Å². The average Bonchev–Trinajstić information content (AvgIpc) is 3.05. The predicted octanol–water partition coefficient (Wildman–Crippen LogP) is 3.82. The first kappa shape index (κ1) is 29.5. The predicted molar refractivity (Wildman–Crippen MR) is 161 cm³/mol. The van der Waals surface area contributed by atoms with E-state index in [2.05, 4.69) is 5.32 Å². The molecule has 0 radical (unpaired) electrons. The summed E-state index contributed by atoms with van der Waals surface area (Å²) in [5.41, 5.74) is 2.39. The number of nitro benzene ring substituents is 1. The lowest BCUT2D eigenvalue weighted by atomic mass is 10.1. The number of morpholine rings is 1. The van der Waals surface area contributed by atoms with E-state index in [0.717, 1.165) is 0 Å². The number of hydrogen-bond donors (Lipinski definition) is 1. The van der Waals surface area contributed by atoms with E-state index in [-0.39, 0.29) is 29.3 Å². The lowest BCUT2D eigenvalue weighted by molar-refractivity contribution is -0.384. The molecular formula is C31H33N5O7. The fraction of sp³-hybridized carbons (Fsp3) is 0.323. The second-order valence-electron chi connectivity index (χ2n) is 10.1. The van der Waals surface area contributed by atoms with Gasteiger partial charge in [0.2, 0.25) is 0 Å². The first-order valence-corrected chi connectivity index (χ1v) is 14.2. The quantitative estimate of drug-likeness (QED) is 0.237. The van der Waals surface area contributed by atoms with Gasteiger partial charge in [-0.25, -0.2) is 4.79 Å². The summed E-state index contributed by atoms with van der Waals surface area (Å²) in [4.78, 5) is 56.2. The Hall–Kier alpha value is -4.97. The Kier molecular flexibility index (Phi) is 9.16. The molecule has 224 valence electrons. The van der Waals surface area contributed by atoms with Gasteiger partial charge in [-0.3, -0.25) is 19.7 Å². The third-order valence-corrected chi connectivity index (χ3v) is 7.47. The molecule has 0 aliphatic carbocycles. The van der Waals surface area contributed by atoms with Crippen LogP contribution in [0.5, 0.6) is 0 Å². The van der Waals surface area contributed by atoms with Crippen molar-refractivity contribution in [2.75, 3.05) is 74.2 Å². The van der Waals surface area contributed by atoms with E-state index in [1.807, 2.05) is 28.0 Å². The highest BCUT2D eigenvalue weighted by Crippen LogP contribution is 2.32. The van der Waals surface area contributed by atoms with Crippen molar-refractivity contribution in [1.82, 2.24) is 4.90 Å². The van der Waals surface area contributed by atoms with Crippen LogP contribution < -0.4 is 15.1 Å². The molecule has 2 fully saturated rings. The topological polar surface area (TPSA) is 135 Å². The first-order valence-electron chi connectivity index (χ1n) is 14.2. The van der Waals surface area contributed by atoms with Gasteiger partial charge in [-0.2, -0.15) is 0 Å². The number of piperazine rings is 1. The number of non-ortho nitro benzene ring substituents is 1. The third kappa shape index (κ3) is 6.75. The first-order chi connectivity index (χ1) is 20.9. The van der Waals surface area contributed by atoms with Crippen molar-refractivity contribution in [1.29, 1.82) is 0 Å². The molecule has 12 heteroatoms. The number of nitrogens with zero attached hydrogens (tertiary/aromatic N) is 4. The van der Waals surface area contributed by atoms with Gasteiger partial charge in [-0.1, -0.05) is 18.2 Å². The molecule has 1 N–H and O–H groups in total. The molecule has 0 spiro atoms. The van der Waals surface area contributed by atoms with Crippen molar-refractivity contribution < 1.29 is 28.8 Å². The van der Waals surface area contributed by atoms with E-state index >= 15 is 0 Å². The summed E-state index contributed by atoms with van der Waals surface area (Å²) in [5, 5.41) is 14.5. The zero-order chi connectivity index (χ0) is 30.3. The molecule has 2 amide bonds. The summed E-state index contributed by atoms with van der Waals surface area (Å²) in [5.74, 6) is -1.13. The summed E-state index contributed by atoms with van der Waals surface area (Å²) in [6, 6.07) is 18.3. The summed E-state index contributed by atoms with van der Waals surface area (Å²) in [7, 11) is 0. The molecule has 0 bridgehead atoms. The smallest absolute Gasteiger partial charge is 0.338 e. The molecule has 0 atom stereocenters. The normalized spacial score (nSPS) is 15.1. The molecule has 2 aliphatic rings. The lowest BCUT2D eigenvalue weighted by Crippen LogP contribution is -2.49. The Balaban J connectivity index is 1.43. The van der Waals surface area contributed by atoms with Gasteiger partial charge in [0.05, 0.1) is 52.9 Å². The summed E-state index contributed by atoms with van der Waals surface area (Å²) in [6.07, 6.45) is 0. The largest absolute Gasteiger partial charge is 0.462 e. The second-order valence-corrected chi connectivity index (χ2v) is 10.1. The van der Waals surface area contributed by atoms with E-state index in [9.17, 15) is 24.5 Å². The summed E-state index contributed by atoms with van der Waals surface area (Å²) >= 11 is 0. The molecule has 12 nitrogen and oxygen atoms in total. The van der Waals surface area contributed by atoms with Crippen LogP contribution >= 0.6 is 0 Å². The number of amides is 2. The standard InChI is InChI=1S/C31H33N5O7/c1-2-43-31(39)23-8-10-28(33-12-14-35(15-13-33)30(38)22-6-4-3-5-7-22)26(20-23)32-29(37)25-21-24(36(40)41)9-11-27(25)34-16-18-42-19-17-34/h3-11,20-21H,2,12-19H2,1H3,(H,32,37). The van der Waals surface area contributed by atoms with Crippen molar-refractivity contribution in [3.05, 3.63) is 93.5 Å². The number of hydrogen-bond acceptors (Lipinski definition) is 9. The summed E-state index contributed by atoms with van der Waals surface area (Å²) < 4.78 is 10.6. The number of nitrogens with one attached hydrogen (secondary N) is 1. The van der Waals surface area contributed by atoms with E-state index in [4.69, 9.17) is 9.47 Å². The number of benzene rings is 3. The van der Waals surface area contributed by atoms with Crippen LogP contribution in [-0.2, 0) is 9.47 Å². The maximum Gasteiger partial charge on any atom is 0.338 e. The van der Waals surface area contributed by atoms with Gasteiger partial charge >= 0.3 is 5.97 Å². The van der Waals surface area contributed by atoms with Crippen LogP contribution in [0.25, 0.3) is 0 Å². The van der Waals surface area contributed by atoms with Gasteiger partial charge in [0.25, 0.3) is 17.5 Å². The zero-order valence-electron chi connectivity index (χ0n) is 23.9. The highest BCUT2D eigenvalue weighted by atomic mass is 16.6. The Morgan fingerprint density at radius 2 is 1.53 bits per heavy atom. The summed E-state index contributed by atoms with van der Waals surface area (Å²) in [6.45, 7) is 5.84. The average molecular weight is 588 g/mol. The van der Waals surface area contributed by atoms with Crippen molar-refractivity contribution in [2.45, 2.75) is 6.92 Å². The van der Waals surface area contributed by atoms with Gasteiger partial charge in [-0.05, 0) is 43.3 Å². The Bertz CT molecular complexity index is 1500. The molecule has 3 aromatic carbocycles. The Morgan fingerprint density at radius 1 is 0.860 bits per heavy atom. The number of nitro groups is 1. The van der Waals surface area contributed by atoms with Gasteiger partial charge in [-0.15, -0.1) is 0 Å². The highest BCUT2D eigenvalue weighted by molar-refractivity contribution is 6.10. The minimum Gasteiger partial charge on any atom is -0.462 e.